The van der Waals surface area contributed by atoms with E-state index < -0.39 is 10.0 Å². The Morgan fingerprint density at radius 2 is 2.21 bits per heavy atom. The zero-order chi connectivity index (χ0) is 13.9. The van der Waals surface area contributed by atoms with E-state index >= 15 is 0 Å². The molecule has 1 atom stereocenters. The molecule has 7 nitrogen and oxygen atoms in total. The minimum Gasteiger partial charge on any atom is -0.363 e. The third-order valence-corrected chi connectivity index (χ3v) is 4.27. The van der Waals surface area contributed by atoms with Crippen LogP contribution in [0.15, 0.2) is 29.6 Å². The summed E-state index contributed by atoms with van der Waals surface area (Å²) < 4.78 is 26.9. The van der Waals surface area contributed by atoms with E-state index in [2.05, 4.69) is 25.2 Å². The first-order valence-electron chi connectivity index (χ1n) is 5.86. The van der Waals surface area contributed by atoms with Crippen molar-refractivity contribution in [1.29, 1.82) is 0 Å². The van der Waals surface area contributed by atoms with Crippen LogP contribution in [0.1, 0.15) is 24.2 Å². The lowest BCUT2D eigenvalue weighted by atomic mass is 10.2. The summed E-state index contributed by atoms with van der Waals surface area (Å²) in [4.78, 5) is 3.15. The summed E-state index contributed by atoms with van der Waals surface area (Å²) in [5.74, 6) is 0. The second kappa shape index (κ2) is 5.55. The summed E-state index contributed by atoms with van der Waals surface area (Å²) in [6, 6.07) is 1.27. The van der Waals surface area contributed by atoms with Crippen LogP contribution in [-0.2, 0) is 16.6 Å². The zero-order valence-corrected chi connectivity index (χ0v) is 11.6. The van der Waals surface area contributed by atoms with E-state index in [1.165, 1.54) is 6.20 Å². The van der Waals surface area contributed by atoms with Gasteiger partial charge in [0.25, 0.3) is 0 Å². The van der Waals surface area contributed by atoms with Crippen LogP contribution in [-0.4, -0.2) is 30.6 Å². The molecule has 0 saturated heterocycles. The number of hydrogen-bond donors (Lipinski definition) is 4. The van der Waals surface area contributed by atoms with Gasteiger partial charge in [0.1, 0.15) is 0 Å². The van der Waals surface area contributed by atoms with Gasteiger partial charge in [-0.05, 0) is 20.0 Å². The molecule has 0 spiro atoms. The molecule has 4 N–H and O–H groups in total. The largest absolute Gasteiger partial charge is 0.363 e. The van der Waals surface area contributed by atoms with Crippen molar-refractivity contribution in [1.82, 2.24) is 25.2 Å². The van der Waals surface area contributed by atoms with E-state index in [0.717, 1.165) is 11.3 Å². The highest BCUT2D eigenvalue weighted by molar-refractivity contribution is 7.89. The number of nitrogens with zero attached hydrogens (tertiary/aromatic N) is 1. The van der Waals surface area contributed by atoms with Gasteiger partial charge in [0.05, 0.1) is 11.1 Å². The Balaban J connectivity index is 2.13. The summed E-state index contributed by atoms with van der Waals surface area (Å²) in [6.45, 7) is 2.36. The van der Waals surface area contributed by atoms with E-state index in [1.54, 1.807) is 32.4 Å². The average Bonchev–Trinajstić information content (AvgIpc) is 2.99. The van der Waals surface area contributed by atoms with E-state index in [0.29, 0.717) is 6.54 Å². The van der Waals surface area contributed by atoms with Crippen LogP contribution in [0.3, 0.4) is 0 Å². The Labute approximate surface area is 111 Å². The lowest BCUT2D eigenvalue weighted by molar-refractivity contribution is 0.567. The molecular formula is C11H17N5O2S. The molecule has 2 aromatic rings. The van der Waals surface area contributed by atoms with Crippen LogP contribution in [0.4, 0.5) is 0 Å². The van der Waals surface area contributed by atoms with Crippen LogP contribution in [0.25, 0.3) is 0 Å². The van der Waals surface area contributed by atoms with E-state index in [-0.39, 0.29) is 10.9 Å². The van der Waals surface area contributed by atoms with Crippen LogP contribution in [0.5, 0.6) is 0 Å². The van der Waals surface area contributed by atoms with Crippen molar-refractivity contribution >= 4 is 10.0 Å². The van der Waals surface area contributed by atoms with Gasteiger partial charge in [0.2, 0.25) is 10.0 Å². The van der Waals surface area contributed by atoms with Gasteiger partial charge in [-0.25, -0.2) is 13.1 Å². The monoisotopic (exact) mass is 283 g/mol. The zero-order valence-electron chi connectivity index (χ0n) is 10.8. The Hall–Kier alpha value is -1.64. The molecule has 2 rings (SSSR count). The minimum absolute atomic E-state index is 0.230. The number of rotatable bonds is 6. The number of sulfonamides is 1. The number of H-pyrrole nitrogens is 2. The van der Waals surface area contributed by atoms with Gasteiger partial charge in [-0.2, -0.15) is 5.10 Å². The molecule has 0 aliphatic rings. The summed E-state index contributed by atoms with van der Waals surface area (Å²) in [5.41, 5.74) is 1.60. The third-order valence-electron chi connectivity index (χ3n) is 2.75. The Kier molecular flexibility index (Phi) is 4.03. The van der Waals surface area contributed by atoms with Crippen molar-refractivity contribution in [3.63, 3.8) is 0 Å². The topological polar surface area (TPSA) is 103 Å². The van der Waals surface area contributed by atoms with Crippen molar-refractivity contribution < 1.29 is 8.42 Å². The molecule has 0 aliphatic carbocycles. The quantitative estimate of drug-likeness (QED) is 0.619. The van der Waals surface area contributed by atoms with Crippen molar-refractivity contribution in [2.45, 2.75) is 24.4 Å². The summed E-state index contributed by atoms with van der Waals surface area (Å²) in [7, 11) is -1.73. The van der Waals surface area contributed by atoms with Gasteiger partial charge >= 0.3 is 0 Å². The van der Waals surface area contributed by atoms with Crippen LogP contribution >= 0.6 is 0 Å². The van der Waals surface area contributed by atoms with Gasteiger partial charge in [-0.3, -0.25) is 5.10 Å². The average molecular weight is 283 g/mol. The van der Waals surface area contributed by atoms with Crippen molar-refractivity contribution in [2.24, 2.45) is 0 Å². The Morgan fingerprint density at radius 3 is 2.84 bits per heavy atom. The third kappa shape index (κ3) is 3.22. The standard InChI is InChI=1S/C11H17N5O2S/c1-8(9-4-14-15-5-9)16-19(17,18)11-3-10(6-12-2)13-7-11/h3-5,7-8,12-13,16H,6H2,1-2H3,(H,14,15). The van der Waals surface area contributed by atoms with E-state index in [4.69, 9.17) is 0 Å². The fraction of sp³-hybridized carbons (Fsp3) is 0.364. The summed E-state index contributed by atoms with van der Waals surface area (Å²) in [5, 5.41) is 9.41. The SMILES string of the molecule is CNCc1cc(S(=O)(=O)NC(C)c2cn[nH]c2)c[nH]1. The van der Waals surface area contributed by atoms with Crippen LogP contribution in [0.2, 0.25) is 0 Å². The first-order valence-corrected chi connectivity index (χ1v) is 7.34. The van der Waals surface area contributed by atoms with Gasteiger partial charge in [0.15, 0.2) is 0 Å². The molecule has 8 heteroatoms. The highest BCUT2D eigenvalue weighted by Crippen LogP contribution is 2.16. The van der Waals surface area contributed by atoms with Crippen molar-refractivity contribution in [2.75, 3.05) is 7.05 Å². The highest BCUT2D eigenvalue weighted by atomic mass is 32.2. The summed E-state index contributed by atoms with van der Waals surface area (Å²) in [6.07, 6.45) is 4.74. The molecule has 1 unspecified atom stereocenters. The van der Waals surface area contributed by atoms with Gasteiger partial charge < -0.3 is 10.3 Å². The molecule has 0 saturated carbocycles. The fourth-order valence-corrected chi connectivity index (χ4v) is 2.98. The number of hydrogen-bond acceptors (Lipinski definition) is 4. The van der Waals surface area contributed by atoms with Gasteiger partial charge in [-0.1, -0.05) is 0 Å². The Morgan fingerprint density at radius 1 is 1.42 bits per heavy atom. The number of nitrogens with one attached hydrogen (secondary N) is 4. The lowest BCUT2D eigenvalue weighted by Gasteiger charge is -2.11. The predicted molar refractivity (Wildman–Crippen MR) is 70.9 cm³/mol. The maximum absolute atomic E-state index is 12.2. The van der Waals surface area contributed by atoms with Crippen molar-refractivity contribution in [3.8, 4) is 0 Å². The minimum atomic E-state index is -3.53. The Bertz CT molecular complexity index is 617. The van der Waals surface area contributed by atoms with Crippen molar-refractivity contribution in [3.05, 3.63) is 35.9 Å². The highest BCUT2D eigenvalue weighted by Gasteiger charge is 2.20. The maximum Gasteiger partial charge on any atom is 0.242 e. The first kappa shape index (κ1) is 13.8. The summed E-state index contributed by atoms with van der Waals surface area (Å²) >= 11 is 0. The molecule has 2 aromatic heterocycles. The molecule has 2 heterocycles. The lowest BCUT2D eigenvalue weighted by Crippen LogP contribution is -2.26. The molecule has 0 amide bonds. The van der Waals surface area contributed by atoms with Crippen LogP contribution < -0.4 is 10.0 Å². The molecular weight excluding hydrogens is 266 g/mol. The molecule has 0 radical (unpaired) electrons. The maximum atomic E-state index is 12.2. The molecule has 0 aromatic carbocycles. The normalized spacial score (nSPS) is 13.6. The smallest absolute Gasteiger partial charge is 0.242 e. The number of aromatic nitrogens is 3. The molecule has 104 valence electrons. The predicted octanol–water partition coefficient (Wildman–Crippen LogP) is 0.497. The van der Waals surface area contributed by atoms with E-state index in [9.17, 15) is 8.42 Å². The second-order valence-electron chi connectivity index (χ2n) is 4.27. The second-order valence-corrected chi connectivity index (χ2v) is 5.98. The molecule has 0 fully saturated rings. The first-order chi connectivity index (χ1) is 9.03. The fourth-order valence-electron chi connectivity index (χ4n) is 1.73. The molecule has 0 aliphatic heterocycles. The van der Waals surface area contributed by atoms with E-state index in [1.807, 2.05) is 0 Å². The van der Waals surface area contributed by atoms with Crippen LogP contribution in [0, 0.1) is 0 Å². The number of aromatic amines is 2. The van der Waals surface area contributed by atoms with Gasteiger partial charge in [-0.15, -0.1) is 0 Å². The molecule has 19 heavy (non-hydrogen) atoms. The molecule has 0 bridgehead atoms. The van der Waals surface area contributed by atoms with Gasteiger partial charge in [0, 0.05) is 36.2 Å².